The number of carbonyl (C=O) groups is 1. The first kappa shape index (κ1) is 17.0. The Morgan fingerprint density at radius 2 is 1.92 bits per heavy atom. The lowest BCUT2D eigenvalue weighted by atomic mass is 10.1. The molecule has 0 radical (unpaired) electrons. The third-order valence-corrected chi connectivity index (χ3v) is 3.86. The number of anilines is 1. The fraction of sp³-hybridized carbons (Fsp3) is 0.0500. The topological polar surface area (TPSA) is 62.5 Å². The number of aliphatic hydroxyl groups is 1. The van der Waals surface area contributed by atoms with E-state index < -0.39 is 0 Å². The standard InChI is InChI=1S/C20H16ClNO3/c21-18-12-15(7-9-17(18)19-10-8-16(13-23)25-19)22-20(24)11-6-14-4-2-1-3-5-14/h1-12,23H,13H2,(H,22,24)/b11-6+. The molecule has 3 rings (SSSR count). The van der Waals surface area contributed by atoms with Crippen molar-refractivity contribution >= 4 is 29.3 Å². The number of rotatable bonds is 5. The van der Waals surface area contributed by atoms with E-state index in [0.29, 0.717) is 27.8 Å². The van der Waals surface area contributed by atoms with E-state index in [4.69, 9.17) is 21.1 Å². The molecule has 3 aromatic rings. The molecule has 0 aliphatic carbocycles. The molecular formula is C20H16ClNO3. The molecule has 0 spiro atoms. The highest BCUT2D eigenvalue weighted by molar-refractivity contribution is 6.33. The Hall–Kier alpha value is -2.82. The Kier molecular flexibility index (Phi) is 5.33. The van der Waals surface area contributed by atoms with Crippen LogP contribution >= 0.6 is 11.6 Å². The molecule has 0 bridgehead atoms. The van der Waals surface area contributed by atoms with Gasteiger partial charge in [0.05, 0.1) is 5.02 Å². The normalized spacial score (nSPS) is 11.0. The minimum Gasteiger partial charge on any atom is -0.459 e. The van der Waals surface area contributed by atoms with Gasteiger partial charge in [0.2, 0.25) is 5.91 Å². The van der Waals surface area contributed by atoms with Gasteiger partial charge in [-0.3, -0.25) is 4.79 Å². The third kappa shape index (κ3) is 4.38. The van der Waals surface area contributed by atoms with E-state index in [1.807, 2.05) is 30.3 Å². The monoisotopic (exact) mass is 353 g/mol. The molecule has 2 aromatic carbocycles. The maximum Gasteiger partial charge on any atom is 0.248 e. The number of hydrogen-bond acceptors (Lipinski definition) is 3. The van der Waals surface area contributed by atoms with Crippen LogP contribution in [0.3, 0.4) is 0 Å². The van der Waals surface area contributed by atoms with Crippen molar-refractivity contribution < 1.29 is 14.3 Å². The lowest BCUT2D eigenvalue weighted by Crippen LogP contribution is -2.07. The molecule has 1 amide bonds. The van der Waals surface area contributed by atoms with Gasteiger partial charge in [0.25, 0.3) is 0 Å². The van der Waals surface area contributed by atoms with Gasteiger partial charge in [0, 0.05) is 17.3 Å². The molecule has 1 heterocycles. The van der Waals surface area contributed by atoms with Crippen LogP contribution in [0.5, 0.6) is 0 Å². The van der Waals surface area contributed by atoms with Crippen molar-refractivity contribution in [1.82, 2.24) is 0 Å². The van der Waals surface area contributed by atoms with Crippen LogP contribution in [0.2, 0.25) is 5.02 Å². The highest BCUT2D eigenvalue weighted by Gasteiger charge is 2.10. The van der Waals surface area contributed by atoms with Crippen LogP contribution in [0.15, 0.2) is 71.2 Å². The number of halogens is 1. The summed E-state index contributed by atoms with van der Waals surface area (Å²) in [6, 6.07) is 18.2. The molecule has 0 unspecified atom stereocenters. The minimum atomic E-state index is -0.242. The van der Waals surface area contributed by atoms with Crippen LogP contribution in [0.1, 0.15) is 11.3 Å². The van der Waals surface area contributed by atoms with Crippen LogP contribution in [-0.4, -0.2) is 11.0 Å². The number of amides is 1. The van der Waals surface area contributed by atoms with E-state index in [1.165, 1.54) is 6.08 Å². The second kappa shape index (κ2) is 7.83. The molecule has 0 saturated heterocycles. The number of aliphatic hydroxyl groups excluding tert-OH is 1. The number of carbonyl (C=O) groups excluding carboxylic acids is 1. The summed E-state index contributed by atoms with van der Waals surface area (Å²) in [6.45, 7) is -0.167. The molecule has 2 N–H and O–H groups in total. The average Bonchev–Trinajstić information content (AvgIpc) is 3.10. The van der Waals surface area contributed by atoms with Crippen molar-refractivity contribution in [2.24, 2.45) is 0 Å². The van der Waals surface area contributed by atoms with E-state index in [0.717, 1.165) is 5.56 Å². The van der Waals surface area contributed by atoms with Crippen molar-refractivity contribution in [3.8, 4) is 11.3 Å². The van der Waals surface area contributed by atoms with Gasteiger partial charge in [-0.15, -0.1) is 0 Å². The van der Waals surface area contributed by atoms with Crippen molar-refractivity contribution in [3.63, 3.8) is 0 Å². The number of hydrogen-bond donors (Lipinski definition) is 2. The summed E-state index contributed by atoms with van der Waals surface area (Å²) in [4.78, 5) is 12.0. The highest BCUT2D eigenvalue weighted by Crippen LogP contribution is 2.31. The zero-order valence-corrected chi connectivity index (χ0v) is 14.0. The predicted octanol–water partition coefficient (Wildman–Crippen LogP) is 4.74. The fourth-order valence-electron chi connectivity index (χ4n) is 2.32. The van der Waals surface area contributed by atoms with E-state index in [1.54, 1.807) is 36.4 Å². The van der Waals surface area contributed by atoms with Gasteiger partial charge in [0.1, 0.15) is 18.1 Å². The Labute approximate surface area is 150 Å². The fourth-order valence-corrected chi connectivity index (χ4v) is 2.59. The van der Waals surface area contributed by atoms with Crippen LogP contribution in [0.25, 0.3) is 17.4 Å². The molecule has 5 heteroatoms. The summed E-state index contributed by atoms with van der Waals surface area (Å²) in [6.07, 6.45) is 3.21. The van der Waals surface area contributed by atoms with E-state index >= 15 is 0 Å². The van der Waals surface area contributed by atoms with Crippen LogP contribution in [-0.2, 0) is 11.4 Å². The smallest absolute Gasteiger partial charge is 0.248 e. The van der Waals surface area contributed by atoms with Crippen molar-refractivity contribution in [1.29, 1.82) is 0 Å². The maximum atomic E-state index is 12.0. The molecule has 0 aliphatic rings. The summed E-state index contributed by atoms with van der Waals surface area (Å²) < 4.78 is 5.48. The molecule has 0 atom stereocenters. The largest absolute Gasteiger partial charge is 0.459 e. The highest BCUT2D eigenvalue weighted by atomic mass is 35.5. The maximum absolute atomic E-state index is 12.0. The first-order valence-corrected chi connectivity index (χ1v) is 8.07. The van der Waals surface area contributed by atoms with Gasteiger partial charge in [0.15, 0.2) is 0 Å². The number of benzene rings is 2. The molecule has 0 saturated carbocycles. The Bertz CT molecular complexity index is 900. The second-order valence-corrected chi connectivity index (χ2v) is 5.76. The summed E-state index contributed by atoms with van der Waals surface area (Å²) in [5.41, 5.74) is 2.23. The van der Waals surface area contributed by atoms with Crippen LogP contribution < -0.4 is 5.32 Å². The Morgan fingerprint density at radius 1 is 1.12 bits per heavy atom. The van der Waals surface area contributed by atoms with Crippen LogP contribution in [0, 0.1) is 0 Å². The van der Waals surface area contributed by atoms with Crippen LogP contribution in [0.4, 0.5) is 5.69 Å². The van der Waals surface area contributed by atoms with Crippen molar-refractivity contribution in [3.05, 3.63) is 83.1 Å². The molecule has 1 aromatic heterocycles. The quantitative estimate of drug-likeness (QED) is 0.651. The van der Waals surface area contributed by atoms with Crippen molar-refractivity contribution in [2.75, 3.05) is 5.32 Å². The van der Waals surface area contributed by atoms with E-state index in [9.17, 15) is 4.79 Å². The van der Waals surface area contributed by atoms with Crippen molar-refractivity contribution in [2.45, 2.75) is 6.61 Å². The SMILES string of the molecule is O=C(/C=C/c1ccccc1)Nc1ccc(-c2ccc(CO)o2)c(Cl)c1. The Balaban J connectivity index is 1.70. The minimum absolute atomic E-state index is 0.167. The van der Waals surface area contributed by atoms with Gasteiger partial charge in [-0.25, -0.2) is 0 Å². The lowest BCUT2D eigenvalue weighted by molar-refractivity contribution is -0.111. The van der Waals surface area contributed by atoms with E-state index in [-0.39, 0.29) is 12.5 Å². The summed E-state index contributed by atoms with van der Waals surface area (Å²) in [5.74, 6) is 0.790. The molecule has 4 nitrogen and oxygen atoms in total. The molecule has 25 heavy (non-hydrogen) atoms. The second-order valence-electron chi connectivity index (χ2n) is 5.35. The molecular weight excluding hydrogens is 338 g/mol. The third-order valence-electron chi connectivity index (χ3n) is 3.55. The van der Waals surface area contributed by atoms with E-state index in [2.05, 4.69) is 5.32 Å². The first-order valence-electron chi connectivity index (χ1n) is 7.69. The lowest BCUT2D eigenvalue weighted by Gasteiger charge is -2.06. The zero-order valence-electron chi connectivity index (χ0n) is 13.3. The first-order chi connectivity index (χ1) is 12.2. The predicted molar refractivity (Wildman–Crippen MR) is 99.2 cm³/mol. The molecule has 126 valence electrons. The summed E-state index contributed by atoms with van der Waals surface area (Å²) >= 11 is 6.28. The van der Waals surface area contributed by atoms with Gasteiger partial charge in [-0.2, -0.15) is 0 Å². The summed E-state index contributed by atoms with van der Waals surface area (Å²) in [5, 5.41) is 12.3. The summed E-state index contributed by atoms with van der Waals surface area (Å²) in [7, 11) is 0. The average molecular weight is 354 g/mol. The zero-order chi connectivity index (χ0) is 17.6. The van der Waals surface area contributed by atoms with Gasteiger partial charge in [-0.05, 0) is 42.0 Å². The van der Waals surface area contributed by atoms with Gasteiger partial charge >= 0.3 is 0 Å². The number of nitrogens with one attached hydrogen (secondary N) is 1. The van der Waals surface area contributed by atoms with Gasteiger partial charge in [-0.1, -0.05) is 41.9 Å². The Morgan fingerprint density at radius 3 is 2.60 bits per heavy atom. The molecule has 0 fully saturated rings. The van der Waals surface area contributed by atoms with Gasteiger partial charge < -0.3 is 14.8 Å². The molecule has 0 aliphatic heterocycles. The number of furan rings is 1.